The van der Waals surface area contributed by atoms with E-state index in [2.05, 4.69) is 15.3 Å². The van der Waals surface area contributed by atoms with Gasteiger partial charge in [-0.1, -0.05) is 29.8 Å². The number of aromatic nitrogens is 2. The van der Waals surface area contributed by atoms with Crippen molar-refractivity contribution in [3.05, 3.63) is 65.1 Å². The topological polar surface area (TPSA) is 95.1 Å². The summed E-state index contributed by atoms with van der Waals surface area (Å²) >= 11 is 5.73. The van der Waals surface area contributed by atoms with Gasteiger partial charge in [0.1, 0.15) is 11.7 Å². The maximum Gasteiger partial charge on any atom is 0.326 e. The Labute approximate surface area is 142 Å². The largest absolute Gasteiger partial charge is 0.480 e. The van der Waals surface area contributed by atoms with Gasteiger partial charge in [0.2, 0.25) is 0 Å². The molecular formula is C17H14ClN3O3. The van der Waals surface area contributed by atoms with Gasteiger partial charge in [-0.15, -0.1) is 0 Å². The zero-order valence-corrected chi connectivity index (χ0v) is 13.2. The van der Waals surface area contributed by atoms with Gasteiger partial charge in [-0.25, -0.2) is 9.78 Å². The molecule has 0 saturated carbocycles. The molecule has 0 saturated heterocycles. The highest BCUT2D eigenvalue weighted by Crippen LogP contribution is 2.19. The van der Waals surface area contributed by atoms with Crippen LogP contribution in [0.3, 0.4) is 0 Å². The Bertz CT molecular complexity index is 889. The van der Waals surface area contributed by atoms with Crippen LogP contribution in [0.2, 0.25) is 5.02 Å². The first-order chi connectivity index (χ1) is 11.5. The zero-order chi connectivity index (χ0) is 17.1. The van der Waals surface area contributed by atoms with Crippen LogP contribution in [0, 0.1) is 0 Å². The predicted octanol–water partition coefficient (Wildman–Crippen LogP) is 2.64. The Morgan fingerprint density at radius 2 is 2.04 bits per heavy atom. The van der Waals surface area contributed by atoms with Crippen molar-refractivity contribution in [2.75, 3.05) is 0 Å². The summed E-state index contributed by atoms with van der Waals surface area (Å²) in [6, 6.07) is 9.50. The van der Waals surface area contributed by atoms with Crippen molar-refractivity contribution in [3.63, 3.8) is 0 Å². The van der Waals surface area contributed by atoms with Gasteiger partial charge in [-0.05, 0) is 23.8 Å². The molecule has 0 radical (unpaired) electrons. The molecule has 3 rings (SSSR count). The quantitative estimate of drug-likeness (QED) is 0.663. The number of carboxylic acids is 1. The summed E-state index contributed by atoms with van der Waals surface area (Å²) in [5.74, 6) is -1.67. The number of hydrogen-bond donors (Lipinski definition) is 3. The summed E-state index contributed by atoms with van der Waals surface area (Å²) in [5, 5.41) is 13.3. The van der Waals surface area contributed by atoms with Crippen molar-refractivity contribution in [1.29, 1.82) is 0 Å². The van der Waals surface area contributed by atoms with Gasteiger partial charge in [0, 0.05) is 29.7 Å². The van der Waals surface area contributed by atoms with E-state index in [4.69, 9.17) is 11.6 Å². The average Bonchev–Trinajstić information content (AvgIpc) is 2.98. The molecule has 0 aliphatic carbocycles. The Morgan fingerprint density at radius 3 is 2.75 bits per heavy atom. The number of carbonyl (C=O) groups is 2. The fraction of sp³-hybridized carbons (Fsp3) is 0.118. The van der Waals surface area contributed by atoms with E-state index < -0.39 is 17.9 Å². The molecule has 24 heavy (non-hydrogen) atoms. The van der Waals surface area contributed by atoms with Gasteiger partial charge >= 0.3 is 5.97 Å². The van der Waals surface area contributed by atoms with Crippen molar-refractivity contribution in [1.82, 2.24) is 15.3 Å². The smallest absolute Gasteiger partial charge is 0.326 e. The van der Waals surface area contributed by atoms with Gasteiger partial charge < -0.3 is 15.4 Å². The van der Waals surface area contributed by atoms with Crippen molar-refractivity contribution < 1.29 is 14.7 Å². The lowest BCUT2D eigenvalue weighted by molar-refractivity contribution is -0.139. The second-order valence-electron chi connectivity index (χ2n) is 5.29. The maximum atomic E-state index is 12.2. The van der Waals surface area contributed by atoms with E-state index in [0.717, 1.165) is 16.5 Å². The van der Waals surface area contributed by atoms with Crippen molar-refractivity contribution in [2.45, 2.75) is 12.5 Å². The number of nitrogens with zero attached hydrogens (tertiary/aromatic N) is 1. The molecule has 1 aromatic carbocycles. The Morgan fingerprint density at radius 1 is 1.25 bits per heavy atom. The molecule has 122 valence electrons. The van der Waals surface area contributed by atoms with Crippen LogP contribution in [0.5, 0.6) is 0 Å². The highest BCUT2D eigenvalue weighted by molar-refractivity contribution is 6.30. The normalized spacial score (nSPS) is 12.0. The van der Waals surface area contributed by atoms with Crippen molar-refractivity contribution in [2.24, 2.45) is 0 Å². The Balaban J connectivity index is 1.79. The Hall–Kier alpha value is -2.86. The van der Waals surface area contributed by atoms with Crippen LogP contribution in [0.15, 0.2) is 48.8 Å². The lowest BCUT2D eigenvalue weighted by Gasteiger charge is -2.14. The van der Waals surface area contributed by atoms with E-state index in [1.165, 1.54) is 18.3 Å². The molecule has 7 heteroatoms. The number of amides is 1. The summed E-state index contributed by atoms with van der Waals surface area (Å²) in [6.45, 7) is 0. The van der Waals surface area contributed by atoms with Crippen LogP contribution in [-0.4, -0.2) is 33.0 Å². The molecule has 0 bridgehead atoms. The third-order valence-electron chi connectivity index (χ3n) is 3.66. The summed E-state index contributed by atoms with van der Waals surface area (Å²) in [7, 11) is 0. The molecule has 1 amide bonds. The lowest BCUT2D eigenvalue weighted by Crippen LogP contribution is -2.42. The average molecular weight is 344 g/mol. The van der Waals surface area contributed by atoms with E-state index in [1.54, 1.807) is 6.20 Å². The van der Waals surface area contributed by atoms with Crippen LogP contribution in [0.4, 0.5) is 0 Å². The van der Waals surface area contributed by atoms with Crippen LogP contribution < -0.4 is 5.32 Å². The van der Waals surface area contributed by atoms with Crippen molar-refractivity contribution >= 4 is 34.4 Å². The number of halogens is 1. The molecule has 3 aromatic rings. The van der Waals surface area contributed by atoms with Crippen LogP contribution in [0.25, 0.3) is 10.9 Å². The van der Waals surface area contributed by atoms with E-state index in [0.29, 0.717) is 5.02 Å². The van der Waals surface area contributed by atoms with Crippen LogP contribution >= 0.6 is 11.6 Å². The molecule has 2 heterocycles. The predicted molar refractivity (Wildman–Crippen MR) is 90.1 cm³/mol. The number of para-hydroxylation sites is 1. The van der Waals surface area contributed by atoms with Gasteiger partial charge in [0.25, 0.3) is 5.91 Å². The minimum atomic E-state index is -1.11. The first kappa shape index (κ1) is 16.0. The number of benzene rings is 1. The summed E-state index contributed by atoms with van der Waals surface area (Å²) in [6.07, 6.45) is 3.26. The molecule has 6 nitrogen and oxygen atoms in total. The molecular weight excluding hydrogens is 330 g/mol. The second kappa shape index (κ2) is 6.72. The number of rotatable bonds is 5. The summed E-state index contributed by atoms with van der Waals surface area (Å²) in [4.78, 5) is 30.7. The fourth-order valence-electron chi connectivity index (χ4n) is 2.46. The number of hydrogen-bond acceptors (Lipinski definition) is 3. The number of carboxylic acid groups (broad SMARTS) is 1. The van der Waals surface area contributed by atoms with Crippen LogP contribution in [-0.2, 0) is 11.2 Å². The number of carbonyl (C=O) groups excluding carboxylic acids is 1. The molecule has 0 aliphatic rings. The van der Waals surface area contributed by atoms with Crippen LogP contribution in [0.1, 0.15) is 16.1 Å². The fourth-order valence-corrected chi connectivity index (χ4v) is 2.57. The number of aliphatic carboxylic acids is 1. The molecule has 3 N–H and O–H groups in total. The summed E-state index contributed by atoms with van der Waals surface area (Å²) in [5.41, 5.74) is 1.86. The second-order valence-corrected chi connectivity index (χ2v) is 5.73. The van der Waals surface area contributed by atoms with Gasteiger partial charge in [0.05, 0.1) is 5.02 Å². The molecule has 0 spiro atoms. The molecule has 0 fully saturated rings. The van der Waals surface area contributed by atoms with Gasteiger partial charge in [-0.2, -0.15) is 0 Å². The molecule has 1 atom stereocenters. The number of aromatic amines is 1. The van der Waals surface area contributed by atoms with E-state index >= 15 is 0 Å². The molecule has 0 unspecified atom stereocenters. The number of nitrogens with one attached hydrogen (secondary N) is 2. The standard InChI is InChI=1S/C17H14ClN3O3/c18-11-5-6-14(20-9-11)16(22)21-15(17(23)24)7-10-8-19-13-4-2-1-3-12(10)13/h1-6,8-9,15,19H,7H2,(H,21,22)(H,23,24)/t15-/m0/s1. The zero-order valence-electron chi connectivity index (χ0n) is 12.5. The first-order valence-corrected chi connectivity index (χ1v) is 7.62. The van der Waals surface area contributed by atoms with E-state index in [1.807, 2.05) is 24.3 Å². The first-order valence-electron chi connectivity index (χ1n) is 7.25. The van der Waals surface area contributed by atoms with E-state index in [-0.39, 0.29) is 12.1 Å². The highest BCUT2D eigenvalue weighted by Gasteiger charge is 2.23. The van der Waals surface area contributed by atoms with Crippen molar-refractivity contribution in [3.8, 4) is 0 Å². The number of fused-ring (bicyclic) bond motifs is 1. The minimum absolute atomic E-state index is 0.115. The highest BCUT2D eigenvalue weighted by atomic mass is 35.5. The number of H-pyrrole nitrogens is 1. The lowest BCUT2D eigenvalue weighted by atomic mass is 10.0. The Kier molecular flexibility index (Phi) is 4.48. The monoisotopic (exact) mass is 343 g/mol. The number of pyridine rings is 1. The molecule has 0 aliphatic heterocycles. The van der Waals surface area contributed by atoms with E-state index in [9.17, 15) is 14.7 Å². The SMILES string of the molecule is O=C(N[C@@H](Cc1c[nH]c2ccccc12)C(=O)O)c1ccc(Cl)cn1. The molecule has 2 aromatic heterocycles. The summed E-state index contributed by atoms with van der Waals surface area (Å²) < 4.78 is 0. The van der Waals surface area contributed by atoms with Gasteiger partial charge in [-0.3, -0.25) is 4.79 Å². The third kappa shape index (κ3) is 3.38. The van der Waals surface area contributed by atoms with Gasteiger partial charge in [0.15, 0.2) is 0 Å². The minimum Gasteiger partial charge on any atom is -0.480 e. The third-order valence-corrected chi connectivity index (χ3v) is 3.89. The maximum absolute atomic E-state index is 12.2.